The Morgan fingerprint density at radius 3 is 2.12 bits per heavy atom. The molecule has 0 saturated heterocycles. The van der Waals surface area contributed by atoms with Gasteiger partial charge in [-0.05, 0) is 69.0 Å². The Kier molecular flexibility index (Phi) is 9.17. The molecule has 0 bridgehead atoms. The van der Waals surface area contributed by atoms with Crippen LogP contribution in [0.1, 0.15) is 48.7 Å². The molecule has 2 rings (SSSR count). The monoisotopic (exact) mass is 376 g/mol. The number of benzene rings is 2. The van der Waals surface area contributed by atoms with E-state index >= 15 is 0 Å². The molecule has 5 heteroatoms. The minimum absolute atomic E-state index is 0. The highest BCUT2D eigenvalue weighted by atomic mass is 35.5. The van der Waals surface area contributed by atoms with Crippen molar-refractivity contribution in [2.45, 2.75) is 52.3 Å². The first kappa shape index (κ1) is 22.0. The van der Waals surface area contributed by atoms with Crippen LogP contribution in [0.15, 0.2) is 48.5 Å². The lowest BCUT2D eigenvalue weighted by Crippen LogP contribution is -2.32. The topological polar surface area (TPSA) is 64.3 Å². The van der Waals surface area contributed by atoms with Crippen molar-refractivity contribution in [3.05, 3.63) is 65.2 Å². The standard InChI is InChI=1S/C21H28N2O2.ClH/c1-15(2)25-20-12-8-17(9-13-20)5-4-16(3)23-21(24)19-10-6-18(14-22)7-11-19;/h6-13,15-16H,4-5,14,22H2,1-3H3,(H,23,24);1H. The van der Waals surface area contributed by atoms with Crippen LogP contribution in [0.2, 0.25) is 0 Å². The van der Waals surface area contributed by atoms with E-state index in [2.05, 4.69) is 17.4 Å². The summed E-state index contributed by atoms with van der Waals surface area (Å²) in [7, 11) is 0. The smallest absolute Gasteiger partial charge is 0.251 e. The Balaban J connectivity index is 0.00000338. The number of ether oxygens (including phenoxy) is 1. The molecule has 0 fully saturated rings. The maximum absolute atomic E-state index is 12.3. The zero-order valence-electron chi connectivity index (χ0n) is 15.7. The number of nitrogens with two attached hydrogens (primary N) is 1. The van der Waals surface area contributed by atoms with Crippen molar-refractivity contribution in [3.63, 3.8) is 0 Å². The van der Waals surface area contributed by atoms with E-state index in [1.54, 1.807) is 0 Å². The second-order valence-corrected chi connectivity index (χ2v) is 6.62. The van der Waals surface area contributed by atoms with Crippen molar-refractivity contribution >= 4 is 18.3 Å². The fourth-order valence-corrected chi connectivity index (χ4v) is 2.56. The van der Waals surface area contributed by atoms with Gasteiger partial charge >= 0.3 is 0 Å². The van der Waals surface area contributed by atoms with Crippen molar-refractivity contribution in [1.29, 1.82) is 0 Å². The van der Waals surface area contributed by atoms with Gasteiger partial charge in [0.15, 0.2) is 0 Å². The number of aryl methyl sites for hydroxylation is 1. The van der Waals surface area contributed by atoms with Crippen LogP contribution in [0.3, 0.4) is 0 Å². The van der Waals surface area contributed by atoms with Gasteiger partial charge in [-0.3, -0.25) is 4.79 Å². The molecule has 1 amide bonds. The van der Waals surface area contributed by atoms with Crippen LogP contribution in [-0.4, -0.2) is 18.1 Å². The summed E-state index contributed by atoms with van der Waals surface area (Å²) in [6.07, 6.45) is 1.98. The fraction of sp³-hybridized carbons (Fsp3) is 0.381. The number of halogens is 1. The van der Waals surface area contributed by atoms with Crippen molar-refractivity contribution < 1.29 is 9.53 Å². The lowest BCUT2D eigenvalue weighted by Gasteiger charge is -2.15. The van der Waals surface area contributed by atoms with Crippen molar-refractivity contribution in [3.8, 4) is 5.75 Å². The number of nitrogens with one attached hydrogen (secondary N) is 1. The van der Waals surface area contributed by atoms with Crippen molar-refractivity contribution in [1.82, 2.24) is 5.32 Å². The molecule has 142 valence electrons. The first-order valence-corrected chi connectivity index (χ1v) is 8.83. The Morgan fingerprint density at radius 1 is 1.00 bits per heavy atom. The van der Waals surface area contributed by atoms with E-state index in [9.17, 15) is 4.79 Å². The van der Waals surface area contributed by atoms with Gasteiger partial charge in [-0.15, -0.1) is 12.4 Å². The number of carbonyl (C=O) groups is 1. The second kappa shape index (κ2) is 10.8. The van der Waals surface area contributed by atoms with Gasteiger partial charge in [0.1, 0.15) is 5.75 Å². The molecule has 3 N–H and O–H groups in total. The highest BCUT2D eigenvalue weighted by molar-refractivity contribution is 5.94. The average Bonchev–Trinajstić information content (AvgIpc) is 2.60. The molecule has 0 aliphatic heterocycles. The predicted molar refractivity (Wildman–Crippen MR) is 109 cm³/mol. The van der Waals surface area contributed by atoms with E-state index in [0.717, 1.165) is 24.2 Å². The van der Waals surface area contributed by atoms with Gasteiger partial charge in [0.2, 0.25) is 0 Å². The third-order valence-electron chi connectivity index (χ3n) is 3.99. The molecule has 0 aromatic heterocycles. The summed E-state index contributed by atoms with van der Waals surface area (Å²) in [6.45, 7) is 6.55. The molecule has 0 aliphatic rings. The van der Waals surface area contributed by atoms with Crippen LogP contribution >= 0.6 is 12.4 Å². The quantitative estimate of drug-likeness (QED) is 0.728. The molecule has 0 radical (unpaired) electrons. The number of hydrogen-bond donors (Lipinski definition) is 2. The normalized spacial score (nSPS) is 11.6. The molecule has 0 spiro atoms. The maximum Gasteiger partial charge on any atom is 0.251 e. The first-order valence-electron chi connectivity index (χ1n) is 8.83. The minimum Gasteiger partial charge on any atom is -0.491 e. The summed E-state index contributed by atoms with van der Waals surface area (Å²) in [5.74, 6) is 0.845. The SMILES string of the molecule is CC(CCc1ccc(OC(C)C)cc1)NC(=O)c1ccc(CN)cc1.Cl. The summed E-state index contributed by atoms with van der Waals surface area (Å²) < 4.78 is 5.65. The number of hydrogen-bond acceptors (Lipinski definition) is 3. The number of amides is 1. The summed E-state index contributed by atoms with van der Waals surface area (Å²) in [5.41, 5.74) is 8.50. The number of carbonyl (C=O) groups excluding carboxylic acids is 1. The van der Waals surface area contributed by atoms with Crippen molar-refractivity contribution in [2.75, 3.05) is 0 Å². The highest BCUT2D eigenvalue weighted by Gasteiger charge is 2.10. The van der Waals surface area contributed by atoms with Gasteiger partial charge in [0.05, 0.1) is 6.10 Å². The van der Waals surface area contributed by atoms with E-state index in [0.29, 0.717) is 12.1 Å². The highest BCUT2D eigenvalue weighted by Crippen LogP contribution is 2.15. The molecule has 2 aromatic rings. The average molecular weight is 377 g/mol. The first-order chi connectivity index (χ1) is 12.0. The molecule has 0 heterocycles. The zero-order valence-corrected chi connectivity index (χ0v) is 16.5. The summed E-state index contributed by atoms with van der Waals surface area (Å²) in [6, 6.07) is 15.7. The second-order valence-electron chi connectivity index (χ2n) is 6.62. The van der Waals surface area contributed by atoms with Gasteiger partial charge in [-0.2, -0.15) is 0 Å². The van der Waals surface area contributed by atoms with Gasteiger partial charge in [-0.25, -0.2) is 0 Å². The van der Waals surface area contributed by atoms with Gasteiger partial charge in [0, 0.05) is 18.2 Å². The molecule has 0 saturated carbocycles. The van der Waals surface area contributed by atoms with Crippen LogP contribution in [0.25, 0.3) is 0 Å². The third kappa shape index (κ3) is 7.06. The summed E-state index contributed by atoms with van der Waals surface area (Å²) >= 11 is 0. The molecule has 0 aliphatic carbocycles. The van der Waals surface area contributed by atoms with E-state index in [-0.39, 0.29) is 30.5 Å². The van der Waals surface area contributed by atoms with E-state index < -0.39 is 0 Å². The van der Waals surface area contributed by atoms with E-state index in [4.69, 9.17) is 10.5 Å². The molecule has 2 aromatic carbocycles. The predicted octanol–water partition coefficient (Wildman–Crippen LogP) is 4.11. The number of rotatable bonds is 8. The Bertz CT molecular complexity index is 669. The van der Waals surface area contributed by atoms with Gasteiger partial charge in [-0.1, -0.05) is 24.3 Å². The van der Waals surface area contributed by atoms with E-state index in [1.807, 2.05) is 57.2 Å². The maximum atomic E-state index is 12.3. The molecular weight excluding hydrogens is 348 g/mol. The van der Waals surface area contributed by atoms with Crippen molar-refractivity contribution in [2.24, 2.45) is 5.73 Å². The van der Waals surface area contributed by atoms with E-state index in [1.165, 1.54) is 5.56 Å². The van der Waals surface area contributed by atoms with Crippen LogP contribution in [0.5, 0.6) is 5.75 Å². The third-order valence-corrected chi connectivity index (χ3v) is 3.99. The van der Waals surface area contributed by atoms with Crippen LogP contribution in [0, 0.1) is 0 Å². The molecule has 1 unspecified atom stereocenters. The molecule has 1 atom stereocenters. The molecule has 26 heavy (non-hydrogen) atoms. The van der Waals surface area contributed by atoms with Crippen LogP contribution in [-0.2, 0) is 13.0 Å². The minimum atomic E-state index is -0.0447. The Labute approximate surface area is 162 Å². The fourth-order valence-electron chi connectivity index (χ4n) is 2.56. The van der Waals surface area contributed by atoms with Gasteiger partial charge in [0.25, 0.3) is 5.91 Å². The lowest BCUT2D eigenvalue weighted by atomic mass is 10.1. The summed E-state index contributed by atoms with van der Waals surface area (Å²) in [4.78, 5) is 12.3. The Morgan fingerprint density at radius 2 is 1.58 bits per heavy atom. The Hall–Kier alpha value is -2.04. The van der Waals surface area contributed by atoms with Gasteiger partial charge < -0.3 is 15.8 Å². The zero-order chi connectivity index (χ0) is 18.2. The molecular formula is C21H29ClN2O2. The van der Waals surface area contributed by atoms with Crippen LogP contribution < -0.4 is 15.8 Å². The van der Waals surface area contributed by atoms with Crippen LogP contribution in [0.4, 0.5) is 0 Å². The lowest BCUT2D eigenvalue weighted by molar-refractivity contribution is 0.0938. The molecule has 4 nitrogen and oxygen atoms in total. The largest absolute Gasteiger partial charge is 0.491 e. The summed E-state index contributed by atoms with van der Waals surface area (Å²) in [5, 5.41) is 3.05.